The minimum atomic E-state index is -0.539. The summed E-state index contributed by atoms with van der Waals surface area (Å²) in [6.07, 6.45) is -0.366. The molecule has 1 aromatic rings. The third-order valence-electron chi connectivity index (χ3n) is 3.01. The van der Waals surface area contributed by atoms with Crippen molar-refractivity contribution in [1.82, 2.24) is 4.90 Å². The lowest BCUT2D eigenvalue weighted by Gasteiger charge is -2.36. The highest BCUT2D eigenvalue weighted by molar-refractivity contribution is 5.69. The second-order valence-corrected chi connectivity index (χ2v) is 5.82. The first-order chi connectivity index (χ1) is 9.37. The normalized spacial score (nSPS) is 19.8. The summed E-state index contributed by atoms with van der Waals surface area (Å²) in [4.78, 5) is 13.9. The molecule has 110 valence electrons. The Bertz CT molecular complexity index is 467. The Balaban J connectivity index is 2.16. The summed E-state index contributed by atoms with van der Waals surface area (Å²) < 4.78 is 23.8. The summed E-state index contributed by atoms with van der Waals surface area (Å²) >= 11 is 0. The number of hydrogen-bond acceptors (Lipinski definition) is 3. The van der Waals surface area contributed by atoms with Gasteiger partial charge in [-0.05, 0) is 38.5 Å². The van der Waals surface area contributed by atoms with E-state index < -0.39 is 5.60 Å². The number of amides is 1. The molecule has 0 saturated carbocycles. The number of rotatable bonds is 1. The Morgan fingerprint density at radius 3 is 2.60 bits per heavy atom. The molecule has 1 fully saturated rings. The molecule has 1 aliphatic rings. The molecule has 1 amide bonds. The van der Waals surface area contributed by atoms with E-state index in [9.17, 15) is 9.18 Å². The van der Waals surface area contributed by atoms with Crippen LogP contribution in [0.25, 0.3) is 0 Å². The molecule has 2 rings (SSSR count). The van der Waals surface area contributed by atoms with Crippen LogP contribution in [0.4, 0.5) is 9.18 Å². The van der Waals surface area contributed by atoms with Crippen LogP contribution in [0.2, 0.25) is 0 Å². The van der Waals surface area contributed by atoms with E-state index in [0.29, 0.717) is 19.8 Å². The molecule has 1 aliphatic heterocycles. The highest BCUT2D eigenvalue weighted by Gasteiger charge is 2.31. The van der Waals surface area contributed by atoms with Crippen LogP contribution in [0.1, 0.15) is 32.4 Å². The Hall–Kier alpha value is -1.62. The first kappa shape index (κ1) is 14.8. The number of halogens is 1. The van der Waals surface area contributed by atoms with Gasteiger partial charge in [0.15, 0.2) is 0 Å². The molecule has 1 saturated heterocycles. The maximum absolute atomic E-state index is 13.0. The van der Waals surface area contributed by atoms with Crippen molar-refractivity contribution in [2.24, 2.45) is 0 Å². The van der Waals surface area contributed by atoms with Crippen LogP contribution in [0, 0.1) is 5.82 Å². The van der Waals surface area contributed by atoms with E-state index in [1.165, 1.54) is 12.1 Å². The summed E-state index contributed by atoms with van der Waals surface area (Å²) in [5.74, 6) is -0.297. The van der Waals surface area contributed by atoms with Crippen molar-refractivity contribution in [2.45, 2.75) is 32.4 Å². The average molecular weight is 281 g/mol. The molecular weight excluding hydrogens is 261 g/mol. The third-order valence-corrected chi connectivity index (χ3v) is 3.01. The van der Waals surface area contributed by atoms with E-state index in [4.69, 9.17) is 9.47 Å². The smallest absolute Gasteiger partial charge is 0.410 e. The van der Waals surface area contributed by atoms with Crippen LogP contribution in [-0.4, -0.2) is 36.4 Å². The van der Waals surface area contributed by atoms with Crippen molar-refractivity contribution in [2.75, 3.05) is 19.8 Å². The zero-order valence-electron chi connectivity index (χ0n) is 12.1. The van der Waals surface area contributed by atoms with E-state index in [2.05, 4.69) is 0 Å². The number of carbonyl (C=O) groups is 1. The van der Waals surface area contributed by atoms with Crippen molar-refractivity contribution in [3.63, 3.8) is 0 Å². The van der Waals surface area contributed by atoms with Crippen molar-refractivity contribution >= 4 is 6.09 Å². The first-order valence-electron chi connectivity index (χ1n) is 6.70. The molecule has 1 heterocycles. The van der Waals surface area contributed by atoms with Gasteiger partial charge in [-0.3, -0.25) is 4.90 Å². The van der Waals surface area contributed by atoms with Crippen LogP contribution in [-0.2, 0) is 9.47 Å². The number of nitrogens with zero attached hydrogens (tertiary/aromatic N) is 1. The Kier molecular flexibility index (Phi) is 4.28. The quantitative estimate of drug-likeness (QED) is 0.794. The summed E-state index contributed by atoms with van der Waals surface area (Å²) in [6.45, 7) is 6.84. The molecule has 0 bridgehead atoms. The maximum atomic E-state index is 13.0. The topological polar surface area (TPSA) is 38.8 Å². The summed E-state index contributed by atoms with van der Waals surface area (Å²) in [5, 5.41) is 0. The Morgan fingerprint density at radius 2 is 2.00 bits per heavy atom. The van der Waals surface area contributed by atoms with Gasteiger partial charge in [-0.2, -0.15) is 0 Å². The average Bonchev–Trinajstić information content (AvgIpc) is 2.38. The molecule has 5 heteroatoms. The van der Waals surface area contributed by atoms with Gasteiger partial charge in [0, 0.05) is 6.54 Å². The lowest BCUT2D eigenvalue weighted by molar-refractivity contribution is -0.0331. The minimum Gasteiger partial charge on any atom is -0.444 e. The van der Waals surface area contributed by atoms with Crippen LogP contribution >= 0.6 is 0 Å². The van der Waals surface area contributed by atoms with Crippen LogP contribution in [0.5, 0.6) is 0 Å². The molecule has 20 heavy (non-hydrogen) atoms. The molecule has 4 nitrogen and oxygen atoms in total. The monoisotopic (exact) mass is 281 g/mol. The van der Waals surface area contributed by atoms with Gasteiger partial charge < -0.3 is 9.47 Å². The van der Waals surface area contributed by atoms with Gasteiger partial charge in [0.25, 0.3) is 0 Å². The maximum Gasteiger partial charge on any atom is 0.410 e. The lowest BCUT2D eigenvalue weighted by Crippen LogP contribution is -2.45. The fraction of sp³-hybridized carbons (Fsp3) is 0.533. The fourth-order valence-corrected chi connectivity index (χ4v) is 2.10. The number of hydrogen-bond donors (Lipinski definition) is 0. The molecule has 0 unspecified atom stereocenters. The van der Waals surface area contributed by atoms with Crippen LogP contribution < -0.4 is 0 Å². The predicted molar refractivity (Wildman–Crippen MR) is 72.9 cm³/mol. The standard InChI is InChI=1S/C15H20FNO3/c1-15(2,3)20-14(18)17-8-9-19-10-13(17)11-4-6-12(16)7-5-11/h4-7,13H,8-10H2,1-3H3/t13-/m0/s1. The molecule has 1 atom stereocenters. The SMILES string of the molecule is CC(C)(C)OC(=O)N1CCOC[C@H]1c1ccc(F)cc1. The van der Waals surface area contributed by atoms with Gasteiger partial charge in [-0.15, -0.1) is 0 Å². The molecule has 0 aliphatic carbocycles. The molecular formula is C15H20FNO3. The van der Waals surface area contributed by atoms with Crippen molar-refractivity contribution in [3.8, 4) is 0 Å². The molecule has 0 N–H and O–H groups in total. The van der Waals surface area contributed by atoms with Gasteiger partial charge in [-0.25, -0.2) is 9.18 Å². The lowest BCUT2D eigenvalue weighted by atomic mass is 10.1. The number of carbonyl (C=O) groups excluding carboxylic acids is 1. The summed E-state index contributed by atoms with van der Waals surface area (Å²) in [6, 6.07) is 5.88. The van der Waals surface area contributed by atoms with Crippen LogP contribution in [0.3, 0.4) is 0 Å². The molecule has 1 aromatic carbocycles. The zero-order valence-corrected chi connectivity index (χ0v) is 12.1. The number of benzene rings is 1. The molecule has 0 radical (unpaired) electrons. The van der Waals surface area contributed by atoms with Gasteiger partial charge >= 0.3 is 6.09 Å². The summed E-state index contributed by atoms with van der Waals surface area (Å²) in [5.41, 5.74) is 0.305. The summed E-state index contributed by atoms with van der Waals surface area (Å²) in [7, 11) is 0. The van der Waals surface area contributed by atoms with Gasteiger partial charge in [0.1, 0.15) is 11.4 Å². The second kappa shape index (κ2) is 5.79. The van der Waals surface area contributed by atoms with Crippen molar-refractivity contribution in [3.05, 3.63) is 35.6 Å². The number of morpholine rings is 1. The van der Waals surface area contributed by atoms with Gasteiger partial charge in [-0.1, -0.05) is 12.1 Å². The minimum absolute atomic E-state index is 0.237. The Labute approximate surface area is 118 Å². The van der Waals surface area contributed by atoms with Crippen molar-refractivity contribution in [1.29, 1.82) is 0 Å². The van der Waals surface area contributed by atoms with Gasteiger partial charge in [0.2, 0.25) is 0 Å². The second-order valence-electron chi connectivity index (χ2n) is 5.82. The Morgan fingerprint density at radius 1 is 1.35 bits per heavy atom. The highest BCUT2D eigenvalue weighted by Crippen LogP contribution is 2.26. The van der Waals surface area contributed by atoms with E-state index in [-0.39, 0.29) is 18.0 Å². The van der Waals surface area contributed by atoms with Crippen LogP contribution in [0.15, 0.2) is 24.3 Å². The van der Waals surface area contributed by atoms with Gasteiger partial charge in [0.05, 0.1) is 19.3 Å². The first-order valence-corrected chi connectivity index (χ1v) is 6.70. The predicted octanol–water partition coefficient (Wildman–Crippen LogP) is 3.13. The van der Waals surface area contributed by atoms with E-state index in [0.717, 1.165) is 5.56 Å². The van der Waals surface area contributed by atoms with E-state index >= 15 is 0 Å². The molecule has 0 aromatic heterocycles. The van der Waals surface area contributed by atoms with Crippen molar-refractivity contribution < 1.29 is 18.7 Å². The third kappa shape index (κ3) is 3.70. The highest BCUT2D eigenvalue weighted by atomic mass is 19.1. The van der Waals surface area contributed by atoms with E-state index in [1.807, 2.05) is 20.8 Å². The zero-order chi connectivity index (χ0) is 14.8. The molecule has 0 spiro atoms. The largest absolute Gasteiger partial charge is 0.444 e. The van der Waals surface area contributed by atoms with E-state index in [1.54, 1.807) is 17.0 Å². The fourth-order valence-electron chi connectivity index (χ4n) is 2.10. The number of ether oxygens (including phenoxy) is 2.